The van der Waals surface area contributed by atoms with Crippen LogP contribution in [0.15, 0.2) is 18.2 Å². The lowest BCUT2D eigenvalue weighted by Gasteiger charge is -2.31. The number of amides is 1. The van der Waals surface area contributed by atoms with E-state index in [9.17, 15) is 18.0 Å². The van der Waals surface area contributed by atoms with Crippen molar-refractivity contribution in [2.75, 3.05) is 13.6 Å². The quantitative estimate of drug-likeness (QED) is 0.918. The Morgan fingerprint density at radius 2 is 2.14 bits per heavy atom. The molecule has 2 rings (SSSR count). The van der Waals surface area contributed by atoms with Crippen LogP contribution >= 0.6 is 11.6 Å². The number of carbonyl (C=O) groups is 1. The predicted molar refractivity (Wildman–Crippen MR) is 78.6 cm³/mol. The highest BCUT2D eigenvalue weighted by atomic mass is 35.5. The van der Waals surface area contributed by atoms with Crippen molar-refractivity contribution in [2.45, 2.75) is 38.0 Å². The van der Waals surface area contributed by atoms with E-state index in [4.69, 9.17) is 11.6 Å². The third-order valence-electron chi connectivity index (χ3n) is 3.90. The highest BCUT2D eigenvalue weighted by Gasteiger charge is 2.31. The summed E-state index contributed by atoms with van der Waals surface area (Å²) in [4.78, 5) is 14.1. The highest BCUT2D eigenvalue weighted by Crippen LogP contribution is 2.31. The van der Waals surface area contributed by atoms with E-state index >= 15 is 0 Å². The van der Waals surface area contributed by atoms with E-state index in [1.807, 2.05) is 11.9 Å². The summed E-state index contributed by atoms with van der Waals surface area (Å²) in [5.74, 6) is -0.171. The van der Waals surface area contributed by atoms with Crippen molar-refractivity contribution in [3.63, 3.8) is 0 Å². The van der Waals surface area contributed by atoms with E-state index in [0.29, 0.717) is 0 Å². The van der Waals surface area contributed by atoms with Crippen LogP contribution in [-0.2, 0) is 17.5 Å². The van der Waals surface area contributed by atoms with Crippen LogP contribution in [0.2, 0.25) is 5.02 Å². The lowest BCUT2D eigenvalue weighted by Crippen LogP contribution is -2.47. The smallest absolute Gasteiger partial charge is 0.351 e. The van der Waals surface area contributed by atoms with Gasteiger partial charge in [-0.05, 0) is 50.2 Å². The van der Waals surface area contributed by atoms with Gasteiger partial charge in [-0.1, -0.05) is 18.0 Å². The molecule has 1 aliphatic heterocycles. The Kier molecular flexibility index (Phi) is 5.34. The van der Waals surface area contributed by atoms with Crippen molar-refractivity contribution in [3.8, 4) is 0 Å². The SMILES string of the molecule is CN1CCCC[C@H]1C(=O)NCc1cc(C(F)(F)F)ccc1Cl. The first-order valence-electron chi connectivity index (χ1n) is 7.12. The Morgan fingerprint density at radius 1 is 1.41 bits per heavy atom. The molecule has 7 heteroatoms. The maximum Gasteiger partial charge on any atom is 0.416 e. The molecule has 1 N–H and O–H groups in total. The molecule has 3 nitrogen and oxygen atoms in total. The number of likely N-dealkylation sites (N-methyl/N-ethyl adjacent to an activating group) is 1. The highest BCUT2D eigenvalue weighted by molar-refractivity contribution is 6.31. The van der Waals surface area contributed by atoms with Gasteiger partial charge in [-0.2, -0.15) is 13.2 Å². The van der Waals surface area contributed by atoms with Crippen LogP contribution in [0.25, 0.3) is 0 Å². The van der Waals surface area contributed by atoms with Gasteiger partial charge in [0.15, 0.2) is 0 Å². The Hall–Kier alpha value is -1.27. The molecule has 1 aliphatic rings. The summed E-state index contributed by atoms with van der Waals surface area (Å²) in [7, 11) is 1.88. The summed E-state index contributed by atoms with van der Waals surface area (Å²) in [5.41, 5.74) is -0.501. The van der Waals surface area contributed by atoms with Crippen LogP contribution in [0.5, 0.6) is 0 Å². The van der Waals surface area contributed by atoms with Gasteiger partial charge < -0.3 is 5.32 Å². The number of likely N-dealkylation sites (tertiary alicyclic amines) is 1. The Bertz CT molecular complexity index is 548. The molecule has 22 heavy (non-hydrogen) atoms. The zero-order valence-corrected chi connectivity index (χ0v) is 13.0. The summed E-state index contributed by atoms with van der Waals surface area (Å²) in [6.45, 7) is 0.842. The predicted octanol–water partition coefficient (Wildman–Crippen LogP) is 3.46. The van der Waals surface area contributed by atoms with Crippen molar-refractivity contribution in [1.29, 1.82) is 0 Å². The third kappa shape index (κ3) is 4.14. The van der Waals surface area contributed by atoms with E-state index in [0.717, 1.165) is 37.9 Å². The molecule has 1 atom stereocenters. The minimum absolute atomic E-state index is 0.00801. The summed E-state index contributed by atoms with van der Waals surface area (Å²) < 4.78 is 38.1. The molecule has 1 saturated heterocycles. The fourth-order valence-electron chi connectivity index (χ4n) is 2.59. The molecule has 1 aromatic carbocycles. The van der Waals surface area contributed by atoms with Gasteiger partial charge >= 0.3 is 6.18 Å². The molecule has 1 aromatic rings. The summed E-state index contributed by atoms with van der Waals surface area (Å²) in [6.07, 6.45) is -1.63. The molecular formula is C15H18ClF3N2O. The van der Waals surface area contributed by atoms with Gasteiger partial charge in [0.25, 0.3) is 0 Å². The fraction of sp³-hybridized carbons (Fsp3) is 0.533. The Labute approximate surface area is 132 Å². The molecule has 0 aromatic heterocycles. The Balaban J connectivity index is 2.03. The second-order valence-electron chi connectivity index (χ2n) is 5.51. The van der Waals surface area contributed by atoms with Gasteiger partial charge in [-0.3, -0.25) is 9.69 Å². The van der Waals surface area contributed by atoms with Gasteiger partial charge in [-0.25, -0.2) is 0 Å². The van der Waals surface area contributed by atoms with Gasteiger partial charge in [0.2, 0.25) is 5.91 Å². The maximum atomic E-state index is 12.7. The summed E-state index contributed by atoms with van der Waals surface area (Å²) >= 11 is 5.92. The molecule has 0 spiro atoms. The van der Waals surface area contributed by atoms with Gasteiger partial charge in [-0.15, -0.1) is 0 Å². The molecule has 0 radical (unpaired) electrons. The number of rotatable bonds is 3. The van der Waals surface area contributed by atoms with Gasteiger partial charge in [0, 0.05) is 11.6 Å². The molecule has 0 bridgehead atoms. The van der Waals surface area contributed by atoms with Crippen molar-refractivity contribution in [3.05, 3.63) is 34.3 Å². The summed E-state index contributed by atoms with van der Waals surface area (Å²) in [5, 5.41) is 2.90. The second-order valence-corrected chi connectivity index (χ2v) is 5.92. The molecule has 0 aliphatic carbocycles. The zero-order valence-electron chi connectivity index (χ0n) is 12.2. The second kappa shape index (κ2) is 6.87. The largest absolute Gasteiger partial charge is 0.416 e. The minimum Gasteiger partial charge on any atom is -0.351 e. The molecule has 1 amide bonds. The average Bonchev–Trinajstić information content (AvgIpc) is 2.45. The Morgan fingerprint density at radius 3 is 2.77 bits per heavy atom. The van der Waals surface area contributed by atoms with Crippen LogP contribution in [0.1, 0.15) is 30.4 Å². The molecule has 122 valence electrons. The van der Waals surface area contributed by atoms with Crippen molar-refractivity contribution in [1.82, 2.24) is 10.2 Å². The number of halogens is 4. The monoisotopic (exact) mass is 334 g/mol. The van der Waals surface area contributed by atoms with Crippen LogP contribution in [0, 0.1) is 0 Å². The van der Waals surface area contributed by atoms with E-state index in [1.54, 1.807) is 0 Å². The number of benzene rings is 1. The van der Waals surface area contributed by atoms with Crippen LogP contribution in [-0.4, -0.2) is 30.4 Å². The van der Waals surface area contributed by atoms with Crippen LogP contribution < -0.4 is 5.32 Å². The minimum atomic E-state index is -4.42. The van der Waals surface area contributed by atoms with Crippen molar-refractivity contribution >= 4 is 17.5 Å². The molecule has 1 heterocycles. The normalized spacial score (nSPS) is 20.0. The fourth-order valence-corrected chi connectivity index (χ4v) is 2.78. The van der Waals surface area contributed by atoms with Crippen LogP contribution in [0.4, 0.5) is 13.2 Å². The zero-order chi connectivity index (χ0) is 16.3. The van der Waals surface area contributed by atoms with E-state index in [2.05, 4.69) is 5.32 Å². The first-order chi connectivity index (χ1) is 10.3. The number of nitrogens with zero attached hydrogens (tertiary/aromatic N) is 1. The lowest BCUT2D eigenvalue weighted by atomic mass is 10.0. The average molecular weight is 335 g/mol. The van der Waals surface area contributed by atoms with Crippen molar-refractivity contribution in [2.24, 2.45) is 0 Å². The first-order valence-corrected chi connectivity index (χ1v) is 7.50. The number of piperidine rings is 1. The molecular weight excluding hydrogens is 317 g/mol. The van der Waals surface area contributed by atoms with E-state index in [1.165, 1.54) is 6.07 Å². The topological polar surface area (TPSA) is 32.3 Å². The molecule has 0 saturated carbocycles. The molecule has 1 fully saturated rings. The standard InChI is InChI=1S/C15H18ClF3N2O/c1-21-7-3-2-4-13(21)14(22)20-9-10-8-11(15(17,18)19)5-6-12(10)16/h5-6,8,13H,2-4,7,9H2,1H3,(H,20,22)/t13-/m0/s1. The maximum absolute atomic E-state index is 12.7. The van der Waals surface area contributed by atoms with Crippen molar-refractivity contribution < 1.29 is 18.0 Å². The van der Waals surface area contributed by atoms with E-state index in [-0.39, 0.29) is 29.1 Å². The van der Waals surface area contributed by atoms with Gasteiger partial charge in [0.1, 0.15) is 0 Å². The number of hydrogen-bond acceptors (Lipinski definition) is 2. The number of nitrogens with one attached hydrogen (secondary N) is 1. The number of alkyl halides is 3. The first kappa shape index (κ1) is 17.1. The van der Waals surface area contributed by atoms with Gasteiger partial charge in [0.05, 0.1) is 11.6 Å². The lowest BCUT2D eigenvalue weighted by molar-refractivity contribution is -0.137. The number of carbonyl (C=O) groups excluding carboxylic acids is 1. The summed E-state index contributed by atoms with van der Waals surface area (Å²) in [6, 6.07) is 2.90. The number of hydrogen-bond donors (Lipinski definition) is 1. The van der Waals surface area contributed by atoms with Crippen LogP contribution in [0.3, 0.4) is 0 Å². The third-order valence-corrected chi connectivity index (χ3v) is 4.27. The van der Waals surface area contributed by atoms with E-state index < -0.39 is 11.7 Å². The molecule has 0 unspecified atom stereocenters.